The standard InChI is InChI=1S/C44H59F3N12O2/c1-24-49-37-14-27(46)12-33-36-4-2-5-39(51-36)50-28-15-29(19-54-10-3-11-61-32(22-54)23-56(24)40(33)37)57(18-28)41-34-17-48-59(38-9-8-26(45)13-35(38)47)42(34)53-44(52-41)58-30-16-31(58)21-55(20-30)43(60)25-6-7-25/h8-9,13,17,24-25,27-33,36-37,39-40,49-51H,2-7,10-12,14-16,18-23H2,1H3/t24?,27?,28-,29-,30?,31?,32-,33?,36?,37?,39?,40?/m0/s1. The van der Waals surface area contributed by atoms with E-state index < -0.39 is 17.8 Å². The summed E-state index contributed by atoms with van der Waals surface area (Å²) in [4.78, 5) is 35.6. The highest BCUT2D eigenvalue weighted by molar-refractivity contribution is 5.90. The zero-order chi connectivity index (χ0) is 41.1. The van der Waals surface area contributed by atoms with E-state index in [-0.39, 0.29) is 84.2 Å². The SMILES string of the molecule is CC1NC2CC(F)CC3C4CCCC(N4)N[C@H]4C[C@@H](CN5CCCO[C@@H](C5)CN1C23)N(c1nc(N2C3CC2CN(C(=O)C2CC2)C3)nc2c1cnn2-c1ccc(F)cc1F)C4. The Labute approximate surface area is 354 Å². The van der Waals surface area contributed by atoms with E-state index in [2.05, 4.69) is 42.5 Å². The molecule has 61 heavy (non-hydrogen) atoms. The minimum absolute atomic E-state index is 0.0219. The molecule has 8 bridgehead atoms. The van der Waals surface area contributed by atoms with Gasteiger partial charge in [0.2, 0.25) is 11.9 Å². The smallest absolute Gasteiger partial charge is 0.230 e. The Morgan fingerprint density at radius 2 is 1.74 bits per heavy atom. The van der Waals surface area contributed by atoms with Gasteiger partial charge in [-0.2, -0.15) is 15.1 Å². The molecule has 17 heteroatoms. The van der Waals surface area contributed by atoms with E-state index in [1.54, 1.807) is 6.20 Å². The monoisotopic (exact) mass is 844 g/mol. The third kappa shape index (κ3) is 7.00. The van der Waals surface area contributed by atoms with Gasteiger partial charge in [0.1, 0.15) is 23.5 Å². The molecule has 0 spiro atoms. The molecular weight excluding hydrogens is 786 g/mol. The number of piperidine rings is 2. The number of nitrogens with one attached hydrogen (secondary N) is 3. The third-order valence-electron chi connectivity index (χ3n) is 15.8. The lowest BCUT2D eigenvalue weighted by atomic mass is 9.74. The van der Waals surface area contributed by atoms with Crippen LogP contribution >= 0.6 is 0 Å². The first-order chi connectivity index (χ1) is 29.7. The van der Waals surface area contributed by atoms with Gasteiger partial charge in [0.25, 0.3) is 0 Å². The normalized spacial score (nSPS) is 39.0. The molecule has 10 unspecified atom stereocenters. The molecule has 2 aromatic heterocycles. The number of anilines is 2. The van der Waals surface area contributed by atoms with Crippen molar-refractivity contribution in [3.05, 3.63) is 36.0 Å². The van der Waals surface area contributed by atoms with Crippen molar-refractivity contribution in [1.82, 2.24) is 50.4 Å². The van der Waals surface area contributed by atoms with Gasteiger partial charge >= 0.3 is 0 Å². The summed E-state index contributed by atoms with van der Waals surface area (Å²) in [7, 11) is 0. The van der Waals surface area contributed by atoms with Crippen molar-refractivity contribution < 1.29 is 22.7 Å². The fourth-order valence-corrected chi connectivity index (χ4v) is 13.0. The highest BCUT2D eigenvalue weighted by atomic mass is 19.1. The maximum absolute atomic E-state index is 15.6. The molecule has 8 aliphatic heterocycles. The zero-order valence-electron chi connectivity index (χ0n) is 35.0. The van der Waals surface area contributed by atoms with Crippen LogP contribution in [-0.2, 0) is 9.53 Å². The average Bonchev–Trinajstić information content (AvgIpc) is 3.86. The Bertz CT molecular complexity index is 2150. The van der Waals surface area contributed by atoms with Gasteiger partial charge in [0.15, 0.2) is 11.5 Å². The fourth-order valence-electron chi connectivity index (χ4n) is 13.0. The van der Waals surface area contributed by atoms with Crippen LogP contribution in [0, 0.1) is 23.5 Å². The molecule has 2 aliphatic carbocycles. The van der Waals surface area contributed by atoms with Crippen LogP contribution in [0.25, 0.3) is 16.7 Å². The van der Waals surface area contributed by atoms with Gasteiger partial charge in [0.05, 0.1) is 42.1 Å². The number of hydrogen-bond donors (Lipinski definition) is 3. The second kappa shape index (κ2) is 15.3. The van der Waals surface area contributed by atoms with Crippen LogP contribution in [0.1, 0.15) is 71.1 Å². The largest absolute Gasteiger partial charge is 0.375 e. The van der Waals surface area contributed by atoms with Crippen molar-refractivity contribution >= 4 is 28.7 Å². The van der Waals surface area contributed by atoms with Crippen LogP contribution in [0.4, 0.5) is 24.9 Å². The van der Waals surface area contributed by atoms with E-state index in [9.17, 15) is 9.18 Å². The van der Waals surface area contributed by atoms with Gasteiger partial charge in [0, 0.05) is 94.6 Å². The quantitative estimate of drug-likeness (QED) is 0.358. The molecule has 10 heterocycles. The van der Waals surface area contributed by atoms with Crippen molar-refractivity contribution in [1.29, 1.82) is 0 Å². The van der Waals surface area contributed by atoms with Crippen LogP contribution < -0.4 is 25.8 Å². The van der Waals surface area contributed by atoms with Crippen molar-refractivity contribution in [3.63, 3.8) is 0 Å². The Morgan fingerprint density at radius 1 is 0.869 bits per heavy atom. The number of carbonyl (C=O) groups is 1. The van der Waals surface area contributed by atoms with Crippen molar-refractivity contribution in [2.24, 2.45) is 11.8 Å². The molecule has 1 amide bonds. The van der Waals surface area contributed by atoms with Gasteiger partial charge in [-0.05, 0) is 89.2 Å². The number of nitrogens with zero attached hydrogens (tertiary/aromatic N) is 9. The Hall–Kier alpha value is -3.61. The summed E-state index contributed by atoms with van der Waals surface area (Å²) in [5.41, 5.74) is 0.594. The molecule has 3 aromatic rings. The molecule has 328 valence electrons. The number of fused-ring (bicyclic) bond motifs is 10. The van der Waals surface area contributed by atoms with Crippen LogP contribution in [0.3, 0.4) is 0 Å². The van der Waals surface area contributed by atoms with Gasteiger partial charge < -0.3 is 19.4 Å². The number of benzene rings is 1. The molecule has 3 N–H and O–H groups in total. The molecule has 8 saturated heterocycles. The van der Waals surface area contributed by atoms with E-state index in [4.69, 9.17) is 19.8 Å². The van der Waals surface area contributed by atoms with Crippen molar-refractivity contribution in [2.45, 2.75) is 138 Å². The van der Waals surface area contributed by atoms with Crippen LogP contribution in [0.5, 0.6) is 0 Å². The second-order valence-corrected chi connectivity index (χ2v) is 19.8. The molecule has 13 atom stereocenters. The van der Waals surface area contributed by atoms with Crippen LogP contribution in [-0.4, -0.2) is 160 Å². The van der Waals surface area contributed by atoms with E-state index in [0.717, 1.165) is 89.4 Å². The van der Waals surface area contributed by atoms with E-state index in [1.165, 1.54) is 16.8 Å². The molecule has 2 saturated carbocycles. The molecular formula is C44H59F3N12O2. The Morgan fingerprint density at radius 3 is 2.57 bits per heavy atom. The average molecular weight is 845 g/mol. The van der Waals surface area contributed by atoms with Gasteiger partial charge in [-0.1, -0.05) is 0 Å². The number of alkyl halides is 1. The minimum atomic E-state index is -0.810. The number of ether oxygens (including phenoxy) is 1. The molecule has 1 aromatic carbocycles. The Balaban J connectivity index is 0.915. The van der Waals surface area contributed by atoms with Gasteiger partial charge in [-0.3, -0.25) is 30.5 Å². The highest BCUT2D eigenvalue weighted by Gasteiger charge is 2.52. The third-order valence-corrected chi connectivity index (χ3v) is 15.8. The lowest BCUT2D eigenvalue weighted by Crippen LogP contribution is -2.70. The van der Waals surface area contributed by atoms with Gasteiger partial charge in [-0.15, -0.1) is 0 Å². The first kappa shape index (κ1) is 39.0. The van der Waals surface area contributed by atoms with E-state index in [1.807, 2.05) is 4.90 Å². The zero-order valence-corrected chi connectivity index (χ0v) is 35.0. The number of carbonyl (C=O) groups excluding carboxylic acids is 1. The first-order valence-electron chi connectivity index (χ1n) is 23.3. The number of piperazine rings is 1. The molecule has 14 nitrogen and oxygen atoms in total. The summed E-state index contributed by atoms with van der Waals surface area (Å²) in [5, 5.41) is 17.3. The number of rotatable bonds is 4. The molecule has 0 radical (unpaired) electrons. The number of aromatic nitrogens is 4. The van der Waals surface area contributed by atoms with Gasteiger partial charge in [-0.25, -0.2) is 17.9 Å². The van der Waals surface area contributed by atoms with Crippen molar-refractivity contribution in [3.8, 4) is 5.69 Å². The predicted octanol–water partition coefficient (Wildman–Crippen LogP) is 3.14. The van der Waals surface area contributed by atoms with Crippen LogP contribution in [0.2, 0.25) is 0 Å². The van der Waals surface area contributed by atoms with E-state index in [0.29, 0.717) is 56.1 Å². The maximum Gasteiger partial charge on any atom is 0.230 e. The first-order valence-corrected chi connectivity index (χ1v) is 23.3. The summed E-state index contributed by atoms with van der Waals surface area (Å²) in [6, 6.07) is 4.58. The lowest BCUT2D eigenvalue weighted by molar-refractivity contribution is -0.135. The summed E-state index contributed by atoms with van der Waals surface area (Å²) >= 11 is 0. The maximum atomic E-state index is 15.6. The predicted molar refractivity (Wildman–Crippen MR) is 223 cm³/mol. The summed E-state index contributed by atoms with van der Waals surface area (Å²) in [6.45, 7) is 8.29. The molecule has 10 fully saturated rings. The topological polar surface area (TPSA) is 122 Å². The summed E-state index contributed by atoms with van der Waals surface area (Å²) < 4.78 is 53.4. The lowest BCUT2D eigenvalue weighted by Gasteiger charge is -2.56. The number of halogens is 3. The minimum Gasteiger partial charge on any atom is -0.375 e. The van der Waals surface area contributed by atoms with E-state index >= 15 is 8.78 Å². The highest BCUT2D eigenvalue weighted by Crippen LogP contribution is 2.43. The second-order valence-electron chi connectivity index (χ2n) is 19.8. The molecule has 13 rings (SSSR count). The van der Waals surface area contributed by atoms with Crippen LogP contribution in [0.15, 0.2) is 24.4 Å². The fraction of sp³-hybridized carbons (Fsp3) is 0.727. The molecule has 10 aliphatic rings. The number of hydrogen-bond acceptors (Lipinski definition) is 12. The Kier molecular flexibility index (Phi) is 9.78. The van der Waals surface area contributed by atoms with Crippen molar-refractivity contribution in [2.75, 3.05) is 62.2 Å². The number of amides is 1. The summed E-state index contributed by atoms with van der Waals surface area (Å²) in [6.07, 6.45) is 10.2. The summed E-state index contributed by atoms with van der Waals surface area (Å²) in [5.74, 6) is 0.584.